The molecule has 1 aromatic carbocycles. The Balaban J connectivity index is 2.19. The summed E-state index contributed by atoms with van der Waals surface area (Å²) >= 11 is 0. The van der Waals surface area contributed by atoms with Gasteiger partial charge in [-0.15, -0.1) is 0 Å². The number of carbonyl (C=O) groups is 1. The van der Waals surface area contributed by atoms with Crippen molar-refractivity contribution >= 4 is 5.78 Å². The molecule has 1 aliphatic rings. The monoisotopic (exact) mass is 318 g/mol. The molecule has 1 fully saturated rings. The summed E-state index contributed by atoms with van der Waals surface area (Å²) in [6.07, 6.45) is 4.09. The third-order valence-corrected chi connectivity index (χ3v) is 4.93. The van der Waals surface area contributed by atoms with Crippen LogP contribution in [0, 0.1) is 6.92 Å². The number of nitrogens with zero attached hydrogens (tertiary/aromatic N) is 1. The lowest BCUT2D eigenvalue weighted by atomic mass is 9.77. The molecule has 0 aromatic heterocycles. The number of aromatic hydroxyl groups is 1. The SMILES string of the molecule is Cc1cc(C(C)NC2(C)CCC2)cc(C(=O)CCN(C)C)c1O. The summed E-state index contributed by atoms with van der Waals surface area (Å²) in [4.78, 5) is 14.4. The molecule has 1 aliphatic carbocycles. The summed E-state index contributed by atoms with van der Waals surface area (Å²) in [5.41, 5.74) is 2.50. The lowest BCUT2D eigenvalue weighted by molar-refractivity contribution is 0.0969. The number of aryl methyl sites for hydroxylation is 1. The molecular formula is C19H30N2O2. The first-order valence-corrected chi connectivity index (χ1v) is 8.51. The van der Waals surface area contributed by atoms with Gasteiger partial charge in [0.05, 0.1) is 5.56 Å². The van der Waals surface area contributed by atoms with Crippen LogP contribution in [0.1, 0.15) is 67.1 Å². The van der Waals surface area contributed by atoms with Crippen LogP contribution in [0.15, 0.2) is 12.1 Å². The molecule has 0 radical (unpaired) electrons. The summed E-state index contributed by atoms with van der Waals surface area (Å²) < 4.78 is 0. The van der Waals surface area contributed by atoms with Crippen LogP contribution in [0.5, 0.6) is 5.75 Å². The Kier molecular flexibility index (Phi) is 5.48. The van der Waals surface area contributed by atoms with Crippen molar-refractivity contribution in [3.05, 3.63) is 28.8 Å². The molecule has 0 amide bonds. The Hall–Kier alpha value is -1.39. The number of hydrogen-bond acceptors (Lipinski definition) is 4. The molecular weight excluding hydrogens is 288 g/mol. The normalized spacial score (nSPS) is 17.8. The van der Waals surface area contributed by atoms with E-state index in [1.54, 1.807) is 0 Å². The molecule has 1 atom stereocenters. The van der Waals surface area contributed by atoms with Gasteiger partial charge in [-0.05, 0) is 71.3 Å². The minimum Gasteiger partial charge on any atom is -0.507 e. The highest BCUT2D eigenvalue weighted by atomic mass is 16.3. The molecule has 2 N–H and O–H groups in total. The second-order valence-electron chi connectivity index (χ2n) is 7.49. The van der Waals surface area contributed by atoms with Crippen molar-refractivity contribution in [2.45, 2.75) is 58.0 Å². The van der Waals surface area contributed by atoms with Crippen molar-refractivity contribution in [2.75, 3.05) is 20.6 Å². The van der Waals surface area contributed by atoms with Crippen molar-refractivity contribution < 1.29 is 9.90 Å². The first-order valence-electron chi connectivity index (χ1n) is 8.51. The number of hydrogen-bond donors (Lipinski definition) is 2. The molecule has 0 saturated heterocycles. The molecule has 4 heteroatoms. The summed E-state index contributed by atoms with van der Waals surface area (Å²) in [5, 5.41) is 13.9. The summed E-state index contributed by atoms with van der Waals surface area (Å²) in [7, 11) is 3.89. The Morgan fingerprint density at radius 1 is 1.39 bits per heavy atom. The Bertz CT molecular complexity index is 577. The van der Waals surface area contributed by atoms with Crippen LogP contribution in [0.4, 0.5) is 0 Å². The molecule has 0 aliphatic heterocycles. The number of carbonyl (C=O) groups excluding carboxylic acids is 1. The molecule has 1 unspecified atom stereocenters. The Morgan fingerprint density at radius 3 is 2.57 bits per heavy atom. The second kappa shape index (κ2) is 7.02. The van der Waals surface area contributed by atoms with Gasteiger partial charge in [-0.3, -0.25) is 4.79 Å². The average molecular weight is 318 g/mol. The number of benzene rings is 1. The highest BCUT2D eigenvalue weighted by Crippen LogP contribution is 2.35. The standard InChI is InChI=1S/C19H30N2O2/c1-13-11-15(14(2)20-19(3)8-6-9-19)12-16(18(13)23)17(22)7-10-21(4)5/h11-12,14,20,23H,6-10H2,1-5H3. The quantitative estimate of drug-likeness (QED) is 0.756. The Morgan fingerprint density at radius 2 is 2.04 bits per heavy atom. The van der Waals surface area contributed by atoms with Crippen molar-refractivity contribution in [3.8, 4) is 5.75 Å². The minimum atomic E-state index is 0.00297. The molecule has 1 saturated carbocycles. The van der Waals surface area contributed by atoms with Gasteiger partial charge >= 0.3 is 0 Å². The first kappa shape index (κ1) is 18.0. The van der Waals surface area contributed by atoms with E-state index in [0.29, 0.717) is 18.5 Å². The van der Waals surface area contributed by atoms with E-state index in [-0.39, 0.29) is 23.1 Å². The van der Waals surface area contributed by atoms with Gasteiger partial charge in [-0.1, -0.05) is 6.07 Å². The highest BCUT2D eigenvalue weighted by Gasteiger charge is 2.33. The molecule has 0 spiro atoms. The smallest absolute Gasteiger partial charge is 0.167 e. The summed E-state index contributed by atoms with van der Waals surface area (Å²) in [6.45, 7) is 6.93. The molecule has 2 rings (SSSR count). The van der Waals surface area contributed by atoms with Gasteiger partial charge < -0.3 is 15.3 Å². The fraction of sp³-hybridized carbons (Fsp3) is 0.632. The first-order chi connectivity index (χ1) is 10.7. The zero-order valence-electron chi connectivity index (χ0n) is 15.1. The largest absolute Gasteiger partial charge is 0.507 e. The van der Waals surface area contributed by atoms with E-state index in [9.17, 15) is 9.90 Å². The van der Waals surface area contributed by atoms with E-state index in [1.165, 1.54) is 19.3 Å². The second-order valence-corrected chi connectivity index (χ2v) is 7.49. The van der Waals surface area contributed by atoms with Crippen molar-refractivity contribution in [3.63, 3.8) is 0 Å². The zero-order chi connectivity index (χ0) is 17.2. The van der Waals surface area contributed by atoms with Gasteiger partial charge in [0.15, 0.2) is 5.78 Å². The predicted octanol–water partition coefficient (Wildman–Crippen LogP) is 3.43. The van der Waals surface area contributed by atoms with E-state index in [2.05, 4.69) is 19.2 Å². The number of rotatable bonds is 7. The van der Waals surface area contributed by atoms with Crippen molar-refractivity contribution in [2.24, 2.45) is 0 Å². The van der Waals surface area contributed by atoms with E-state index in [4.69, 9.17) is 0 Å². The van der Waals surface area contributed by atoms with Gasteiger partial charge in [-0.2, -0.15) is 0 Å². The molecule has 0 bridgehead atoms. The number of phenols is 1. The van der Waals surface area contributed by atoms with Crippen LogP contribution in [0.2, 0.25) is 0 Å². The maximum atomic E-state index is 12.4. The molecule has 128 valence electrons. The minimum absolute atomic E-state index is 0.00297. The Labute approximate surface area is 139 Å². The molecule has 23 heavy (non-hydrogen) atoms. The number of nitrogens with one attached hydrogen (secondary N) is 1. The maximum absolute atomic E-state index is 12.4. The van der Waals surface area contributed by atoms with E-state index < -0.39 is 0 Å². The van der Waals surface area contributed by atoms with Gasteiger partial charge in [0.25, 0.3) is 0 Å². The summed E-state index contributed by atoms with van der Waals surface area (Å²) in [5.74, 6) is 0.128. The van der Waals surface area contributed by atoms with Crippen molar-refractivity contribution in [1.29, 1.82) is 0 Å². The molecule has 4 nitrogen and oxygen atoms in total. The van der Waals surface area contributed by atoms with E-state index >= 15 is 0 Å². The summed E-state index contributed by atoms with van der Waals surface area (Å²) in [6, 6.07) is 4.01. The average Bonchev–Trinajstić information content (AvgIpc) is 2.45. The predicted molar refractivity (Wildman–Crippen MR) is 94.2 cm³/mol. The van der Waals surface area contributed by atoms with Crippen LogP contribution in [0.3, 0.4) is 0 Å². The third-order valence-electron chi connectivity index (χ3n) is 4.93. The van der Waals surface area contributed by atoms with Gasteiger partial charge in [-0.25, -0.2) is 0 Å². The topological polar surface area (TPSA) is 52.6 Å². The van der Waals surface area contributed by atoms with Crippen LogP contribution >= 0.6 is 0 Å². The van der Waals surface area contributed by atoms with Gasteiger partial charge in [0.1, 0.15) is 5.75 Å². The van der Waals surface area contributed by atoms with Crippen LogP contribution < -0.4 is 5.32 Å². The van der Waals surface area contributed by atoms with Crippen LogP contribution in [-0.4, -0.2) is 42.0 Å². The van der Waals surface area contributed by atoms with E-state index in [0.717, 1.165) is 11.1 Å². The maximum Gasteiger partial charge on any atom is 0.167 e. The fourth-order valence-electron chi connectivity index (χ4n) is 3.19. The lowest BCUT2D eigenvalue weighted by Crippen LogP contribution is -2.49. The number of ketones is 1. The van der Waals surface area contributed by atoms with Crippen LogP contribution in [0.25, 0.3) is 0 Å². The lowest BCUT2D eigenvalue weighted by Gasteiger charge is -2.42. The fourth-order valence-corrected chi connectivity index (χ4v) is 3.19. The zero-order valence-corrected chi connectivity index (χ0v) is 15.1. The van der Waals surface area contributed by atoms with E-state index in [1.807, 2.05) is 38.1 Å². The van der Waals surface area contributed by atoms with Crippen LogP contribution in [-0.2, 0) is 0 Å². The molecule has 1 aromatic rings. The third kappa shape index (κ3) is 4.33. The van der Waals surface area contributed by atoms with Gasteiger partial charge in [0.2, 0.25) is 0 Å². The molecule has 0 heterocycles. The van der Waals surface area contributed by atoms with Gasteiger partial charge in [0, 0.05) is 24.5 Å². The van der Waals surface area contributed by atoms with Crippen molar-refractivity contribution in [1.82, 2.24) is 10.2 Å². The number of Topliss-reactive ketones (excluding diaryl/α,β-unsaturated/α-hetero) is 1. The number of phenolic OH excluding ortho intramolecular Hbond substituents is 1. The highest BCUT2D eigenvalue weighted by molar-refractivity contribution is 5.99.